The van der Waals surface area contributed by atoms with Crippen LogP contribution in [0, 0.1) is 0 Å². The molecule has 0 aliphatic carbocycles. The molecule has 0 amide bonds. The predicted molar refractivity (Wildman–Crippen MR) is 106 cm³/mol. The summed E-state index contributed by atoms with van der Waals surface area (Å²) in [6.45, 7) is 0. The van der Waals surface area contributed by atoms with Crippen molar-refractivity contribution in [1.29, 1.82) is 0 Å². The van der Waals surface area contributed by atoms with Gasteiger partial charge in [0.2, 0.25) is 0 Å². The Kier molecular flexibility index (Phi) is 6.16. The molecule has 0 bridgehead atoms. The number of ketones is 1. The van der Waals surface area contributed by atoms with Gasteiger partial charge < -0.3 is 9.53 Å². The highest BCUT2D eigenvalue weighted by atomic mass is 16.5. The van der Waals surface area contributed by atoms with Gasteiger partial charge in [0.25, 0.3) is 0 Å². The van der Waals surface area contributed by atoms with Crippen LogP contribution in [0.15, 0.2) is 78.9 Å². The quantitative estimate of drug-likeness (QED) is 0.427. The molecule has 0 N–H and O–H groups in total. The normalized spacial score (nSPS) is 11.6. The Bertz CT molecular complexity index is 898. The maximum absolute atomic E-state index is 13.0. The Morgan fingerprint density at radius 3 is 2.26 bits per heavy atom. The molecule has 3 nitrogen and oxygen atoms in total. The number of methoxy groups -OCH3 is 1. The summed E-state index contributed by atoms with van der Waals surface area (Å²) < 4.78 is 5.16. The number of benzene rings is 3. The molecule has 3 heteroatoms. The summed E-state index contributed by atoms with van der Waals surface area (Å²) in [5.41, 5.74) is 3.36. The summed E-state index contributed by atoms with van der Waals surface area (Å²) in [6.07, 6.45) is 2.02. The molecule has 27 heavy (non-hydrogen) atoms. The van der Waals surface area contributed by atoms with E-state index < -0.39 is 0 Å². The van der Waals surface area contributed by atoms with Crippen LogP contribution in [-0.2, 0) is 11.2 Å². The SMILES string of the molecule is COc1ccc(C(=O)c2ccccc2C[C@@H](CC=O)c2ccccc2)cc1. The monoisotopic (exact) mass is 358 g/mol. The fourth-order valence-corrected chi connectivity index (χ4v) is 3.26. The first-order valence-electron chi connectivity index (χ1n) is 8.98. The van der Waals surface area contributed by atoms with E-state index in [1.165, 1.54) is 0 Å². The van der Waals surface area contributed by atoms with Crippen molar-refractivity contribution in [3.8, 4) is 5.75 Å². The lowest BCUT2D eigenvalue weighted by atomic mass is 9.86. The first-order valence-corrected chi connectivity index (χ1v) is 8.98. The van der Waals surface area contributed by atoms with E-state index in [0.29, 0.717) is 24.0 Å². The van der Waals surface area contributed by atoms with E-state index in [-0.39, 0.29) is 11.7 Å². The maximum atomic E-state index is 13.0. The zero-order valence-electron chi connectivity index (χ0n) is 15.3. The third-order valence-electron chi connectivity index (χ3n) is 4.73. The highest BCUT2D eigenvalue weighted by Gasteiger charge is 2.18. The van der Waals surface area contributed by atoms with Gasteiger partial charge in [-0.1, -0.05) is 54.6 Å². The van der Waals surface area contributed by atoms with E-state index in [9.17, 15) is 9.59 Å². The number of hydrogen-bond donors (Lipinski definition) is 0. The number of hydrogen-bond acceptors (Lipinski definition) is 3. The number of ether oxygens (including phenoxy) is 1. The summed E-state index contributed by atoms with van der Waals surface area (Å²) in [5, 5.41) is 0. The van der Waals surface area contributed by atoms with Gasteiger partial charge in [-0.3, -0.25) is 4.79 Å². The second-order valence-electron chi connectivity index (χ2n) is 6.43. The van der Waals surface area contributed by atoms with Gasteiger partial charge >= 0.3 is 0 Å². The standard InChI is InChI=1S/C24H22O3/c1-27-22-13-11-19(12-14-22)24(26)23-10-6-5-9-21(23)17-20(15-16-25)18-7-3-2-4-8-18/h2-14,16,20H,15,17H2,1H3/t20-/m1/s1. The highest BCUT2D eigenvalue weighted by molar-refractivity contribution is 6.10. The van der Waals surface area contributed by atoms with Gasteiger partial charge in [-0.15, -0.1) is 0 Å². The van der Waals surface area contributed by atoms with Crippen molar-refractivity contribution in [2.75, 3.05) is 7.11 Å². The molecule has 3 aromatic rings. The second-order valence-corrected chi connectivity index (χ2v) is 6.43. The number of rotatable bonds is 8. The first kappa shape index (κ1) is 18.6. The number of aldehydes is 1. The number of carbonyl (C=O) groups excluding carboxylic acids is 2. The smallest absolute Gasteiger partial charge is 0.193 e. The molecular weight excluding hydrogens is 336 g/mol. The Labute approximate surface area is 159 Å². The fraction of sp³-hybridized carbons (Fsp3) is 0.167. The highest BCUT2D eigenvalue weighted by Crippen LogP contribution is 2.26. The molecule has 3 aromatic carbocycles. The van der Waals surface area contributed by atoms with Crippen molar-refractivity contribution in [1.82, 2.24) is 0 Å². The molecule has 0 saturated heterocycles. The third kappa shape index (κ3) is 4.50. The van der Waals surface area contributed by atoms with Gasteiger partial charge in [-0.2, -0.15) is 0 Å². The van der Waals surface area contributed by atoms with Crippen LogP contribution in [-0.4, -0.2) is 19.2 Å². The van der Waals surface area contributed by atoms with Crippen LogP contribution < -0.4 is 4.74 Å². The number of carbonyl (C=O) groups is 2. The van der Waals surface area contributed by atoms with Crippen LogP contribution in [0.5, 0.6) is 5.75 Å². The minimum Gasteiger partial charge on any atom is -0.497 e. The molecule has 0 radical (unpaired) electrons. The molecule has 0 saturated carbocycles. The van der Waals surface area contributed by atoms with Crippen molar-refractivity contribution in [3.05, 3.63) is 101 Å². The molecule has 1 atom stereocenters. The minimum atomic E-state index is -0.0221. The van der Waals surface area contributed by atoms with Crippen LogP contribution in [0.2, 0.25) is 0 Å². The van der Waals surface area contributed by atoms with E-state index in [2.05, 4.69) is 0 Å². The summed E-state index contributed by atoms with van der Waals surface area (Å²) in [7, 11) is 1.60. The van der Waals surface area contributed by atoms with Crippen molar-refractivity contribution in [2.45, 2.75) is 18.8 Å². The Hall–Kier alpha value is -3.20. The van der Waals surface area contributed by atoms with Gasteiger partial charge in [0.15, 0.2) is 5.78 Å². The summed E-state index contributed by atoms with van der Waals surface area (Å²) in [6, 6.07) is 24.7. The van der Waals surface area contributed by atoms with Crippen molar-refractivity contribution in [2.24, 2.45) is 0 Å². The topological polar surface area (TPSA) is 43.4 Å². The zero-order chi connectivity index (χ0) is 19.1. The fourth-order valence-electron chi connectivity index (χ4n) is 3.26. The Morgan fingerprint density at radius 1 is 0.926 bits per heavy atom. The predicted octanol–water partition coefficient (Wildman–Crippen LogP) is 4.84. The largest absolute Gasteiger partial charge is 0.497 e. The van der Waals surface area contributed by atoms with E-state index in [1.807, 2.05) is 54.6 Å². The van der Waals surface area contributed by atoms with Gasteiger partial charge in [-0.25, -0.2) is 0 Å². The lowest BCUT2D eigenvalue weighted by Crippen LogP contribution is -2.10. The molecule has 0 heterocycles. The summed E-state index contributed by atoms with van der Waals surface area (Å²) in [4.78, 5) is 24.2. The first-order chi connectivity index (χ1) is 13.2. The van der Waals surface area contributed by atoms with Crippen molar-refractivity contribution >= 4 is 12.1 Å². The molecule has 3 rings (SSSR count). The molecule has 0 fully saturated rings. The van der Waals surface area contributed by atoms with Gasteiger partial charge in [0.05, 0.1) is 7.11 Å². The van der Waals surface area contributed by atoms with Crippen molar-refractivity contribution < 1.29 is 14.3 Å². The lowest BCUT2D eigenvalue weighted by molar-refractivity contribution is -0.108. The Morgan fingerprint density at radius 2 is 1.59 bits per heavy atom. The molecule has 0 spiro atoms. The lowest BCUT2D eigenvalue weighted by Gasteiger charge is -2.17. The van der Waals surface area contributed by atoms with E-state index in [4.69, 9.17) is 4.74 Å². The molecule has 0 unspecified atom stereocenters. The zero-order valence-corrected chi connectivity index (χ0v) is 15.3. The average molecular weight is 358 g/mol. The second kappa shape index (κ2) is 8.95. The molecule has 0 aromatic heterocycles. The van der Waals surface area contributed by atoms with Crippen LogP contribution in [0.4, 0.5) is 0 Å². The van der Waals surface area contributed by atoms with Gasteiger partial charge in [0.1, 0.15) is 12.0 Å². The van der Waals surface area contributed by atoms with Crippen LogP contribution in [0.25, 0.3) is 0 Å². The third-order valence-corrected chi connectivity index (χ3v) is 4.73. The Balaban J connectivity index is 1.90. The van der Waals surface area contributed by atoms with Crippen LogP contribution in [0.1, 0.15) is 39.4 Å². The van der Waals surface area contributed by atoms with E-state index in [1.54, 1.807) is 31.4 Å². The molecule has 0 aliphatic heterocycles. The van der Waals surface area contributed by atoms with E-state index in [0.717, 1.165) is 23.2 Å². The maximum Gasteiger partial charge on any atom is 0.193 e. The van der Waals surface area contributed by atoms with Crippen LogP contribution >= 0.6 is 0 Å². The average Bonchev–Trinajstić information content (AvgIpc) is 2.74. The van der Waals surface area contributed by atoms with Crippen LogP contribution in [0.3, 0.4) is 0 Å². The van der Waals surface area contributed by atoms with Crippen molar-refractivity contribution in [3.63, 3.8) is 0 Å². The summed E-state index contributed by atoms with van der Waals surface area (Å²) in [5.74, 6) is 0.745. The molecular formula is C24H22O3. The molecule has 0 aliphatic rings. The molecule has 136 valence electrons. The summed E-state index contributed by atoms with van der Waals surface area (Å²) >= 11 is 0. The van der Waals surface area contributed by atoms with E-state index >= 15 is 0 Å². The minimum absolute atomic E-state index is 0.0221. The van der Waals surface area contributed by atoms with Gasteiger partial charge in [0, 0.05) is 17.5 Å². The van der Waals surface area contributed by atoms with Gasteiger partial charge in [-0.05, 0) is 47.7 Å².